The molecule has 0 radical (unpaired) electrons. The normalized spacial score (nSPS) is 15.2. The molecule has 0 unspecified atom stereocenters. The molecule has 5 rings (SSSR count). The van der Waals surface area contributed by atoms with Crippen molar-refractivity contribution in [3.05, 3.63) is 83.7 Å². The van der Waals surface area contributed by atoms with E-state index in [9.17, 15) is 13.2 Å². The van der Waals surface area contributed by atoms with Crippen LogP contribution in [0.2, 0.25) is 0 Å². The summed E-state index contributed by atoms with van der Waals surface area (Å²) in [6.45, 7) is 4.97. The average molecular weight is 535 g/mol. The number of aromatic nitrogens is 2. The molecule has 7 nitrogen and oxygen atoms in total. The smallest absolute Gasteiger partial charge is 0.243 e. The fourth-order valence-corrected chi connectivity index (χ4v) is 7.20. The number of rotatable bonds is 7. The fraction of sp³-hybridized carbons (Fsp3) is 0.321. The number of amides is 1. The van der Waals surface area contributed by atoms with Crippen LogP contribution < -0.4 is 4.90 Å². The molecule has 0 saturated carbocycles. The highest BCUT2D eigenvalue weighted by Crippen LogP contribution is 2.34. The number of hydrogen-bond acceptors (Lipinski definition) is 6. The van der Waals surface area contributed by atoms with E-state index in [-0.39, 0.29) is 11.8 Å². The Bertz CT molecular complexity index is 1490. The third-order valence-electron chi connectivity index (χ3n) is 6.88. The number of carbonyl (C=O) groups excluding carboxylic acids is 1. The standard InChI is InChI=1S/C28H30N4O3S2/c1-3-21-7-6-9-25-26(21)30-28(36-25)32(19-23-8-4-5-16-29-23)27(33)22-14-17-31(18-15-22)37(34,35)24-12-10-20(2)11-13-24/h4-13,16,22H,3,14-15,17-19H2,1-2H3. The number of fused-ring (bicyclic) bond motifs is 1. The number of carbonyl (C=O) groups is 1. The van der Waals surface area contributed by atoms with Crippen molar-refractivity contribution < 1.29 is 13.2 Å². The number of benzene rings is 2. The molecular weight excluding hydrogens is 504 g/mol. The van der Waals surface area contributed by atoms with Crippen molar-refractivity contribution in [2.24, 2.45) is 5.92 Å². The number of nitrogens with zero attached hydrogens (tertiary/aromatic N) is 4. The van der Waals surface area contributed by atoms with Crippen molar-refractivity contribution in [3.63, 3.8) is 0 Å². The molecule has 0 bridgehead atoms. The van der Waals surface area contributed by atoms with E-state index in [0.717, 1.165) is 33.5 Å². The Morgan fingerprint density at radius 1 is 1.05 bits per heavy atom. The number of thiazole rings is 1. The Balaban J connectivity index is 1.38. The predicted molar refractivity (Wildman–Crippen MR) is 147 cm³/mol. The summed E-state index contributed by atoms with van der Waals surface area (Å²) in [5.41, 5.74) is 3.88. The van der Waals surface area contributed by atoms with Crippen LogP contribution >= 0.6 is 11.3 Å². The van der Waals surface area contributed by atoms with Gasteiger partial charge in [-0.05, 0) is 62.1 Å². The molecule has 2 aromatic heterocycles. The van der Waals surface area contributed by atoms with Crippen molar-refractivity contribution in [2.45, 2.75) is 44.6 Å². The first-order valence-electron chi connectivity index (χ1n) is 12.5. The van der Waals surface area contributed by atoms with Gasteiger partial charge in [0.1, 0.15) is 0 Å². The van der Waals surface area contributed by atoms with Gasteiger partial charge in [-0.2, -0.15) is 4.31 Å². The van der Waals surface area contributed by atoms with Crippen LogP contribution in [-0.4, -0.2) is 41.7 Å². The maximum atomic E-state index is 13.9. The minimum Gasteiger partial charge on any atom is -0.282 e. The minimum absolute atomic E-state index is 0.0323. The third kappa shape index (κ3) is 5.30. The van der Waals surface area contributed by atoms with Crippen molar-refractivity contribution in [1.29, 1.82) is 0 Å². The zero-order chi connectivity index (χ0) is 26.0. The van der Waals surface area contributed by atoms with Gasteiger partial charge in [-0.15, -0.1) is 0 Å². The molecule has 9 heteroatoms. The summed E-state index contributed by atoms with van der Waals surface area (Å²) in [7, 11) is -3.59. The van der Waals surface area contributed by atoms with Crippen LogP contribution in [-0.2, 0) is 27.8 Å². The highest BCUT2D eigenvalue weighted by atomic mass is 32.2. The number of hydrogen-bond donors (Lipinski definition) is 0. The van der Waals surface area contributed by atoms with Crippen LogP contribution in [0.3, 0.4) is 0 Å². The summed E-state index contributed by atoms with van der Waals surface area (Å²) in [5.74, 6) is -0.319. The maximum Gasteiger partial charge on any atom is 0.243 e. The van der Waals surface area contributed by atoms with E-state index in [2.05, 4.69) is 18.0 Å². The molecule has 4 aromatic rings. The molecule has 0 aliphatic carbocycles. The van der Waals surface area contributed by atoms with Gasteiger partial charge in [-0.1, -0.05) is 54.2 Å². The zero-order valence-electron chi connectivity index (χ0n) is 21.0. The molecular formula is C28H30N4O3S2. The second-order valence-electron chi connectivity index (χ2n) is 9.35. The summed E-state index contributed by atoms with van der Waals surface area (Å²) in [6.07, 6.45) is 3.52. The largest absolute Gasteiger partial charge is 0.282 e. The summed E-state index contributed by atoms with van der Waals surface area (Å²) in [5, 5.41) is 0.654. The topological polar surface area (TPSA) is 83.5 Å². The highest BCUT2D eigenvalue weighted by Gasteiger charge is 2.35. The number of sulfonamides is 1. The van der Waals surface area contributed by atoms with Crippen molar-refractivity contribution in [1.82, 2.24) is 14.3 Å². The molecule has 1 fully saturated rings. The van der Waals surface area contributed by atoms with Crippen LogP contribution in [0, 0.1) is 12.8 Å². The van der Waals surface area contributed by atoms with E-state index < -0.39 is 10.0 Å². The fourth-order valence-electron chi connectivity index (χ4n) is 4.71. The lowest BCUT2D eigenvalue weighted by Crippen LogP contribution is -2.44. The van der Waals surface area contributed by atoms with Gasteiger partial charge < -0.3 is 0 Å². The Kier molecular flexibility index (Phi) is 7.37. The summed E-state index contributed by atoms with van der Waals surface area (Å²) < 4.78 is 28.8. The van der Waals surface area contributed by atoms with Gasteiger partial charge in [-0.3, -0.25) is 14.7 Å². The molecule has 2 aromatic carbocycles. The minimum atomic E-state index is -3.59. The highest BCUT2D eigenvalue weighted by molar-refractivity contribution is 7.89. The average Bonchev–Trinajstić information content (AvgIpc) is 3.36. The molecule has 3 heterocycles. The summed E-state index contributed by atoms with van der Waals surface area (Å²) in [4.78, 5) is 25.2. The van der Waals surface area contributed by atoms with Crippen LogP contribution in [0.1, 0.15) is 36.6 Å². The lowest BCUT2D eigenvalue weighted by molar-refractivity contribution is -0.123. The zero-order valence-corrected chi connectivity index (χ0v) is 22.6. The number of piperidine rings is 1. The lowest BCUT2D eigenvalue weighted by Gasteiger charge is -2.33. The number of anilines is 1. The summed E-state index contributed by atoms with van der Waals surface area (Å²) in [6, 6.07) is 18.7. The SMILES string of the molecule is CCc1cccc2sc(N(Cc3ccccn3)C(=O)C3CCN(S(=O)(=O)c4ccc(C)cc4)CC3)nc12. The molecule has 1 saturated heterocycles. The van der Waals surface area contributed by atoms with Crippen LogP contribution in [0.4, 0.5) is 5.13 Å². The molecule has 1 aliphatic rings. The van der Waals surface area contributed by atoms with Crippen LogP contribution in [0.5, 0.6) is 0 Å². The van der Waals surface area contributed by atoms with Gasteiger partial charge in [-0.25, -0.2) is 13.4 Å². The first-order chi connectivity index (χ1) is 17.9. The van der Waals surface area contributed by atoms with Crippen molar-refractivity contribution in [2.75, 3.05) is 18.0 Å². The van der Waals surface area contributed by atoms with E-state index in [1.165, 1.54) is 15.6 Å². The summed E-state index contributed by atoms with van der Waals surface area (Å²) >= 11 is 1.51. The number of aryl methyl sites for hydroxylation is 2. The Morgan fingerprint density at radius 2 is 1.81 bits per heavy atom. The molecule has 37 heavy (non-hydrogen) atoms. The molecule has 1 amide bonds. The molecule has 0 atom stereocenters. The first-order valence-corrected chi connectivity index (χ1v) is 14.8. The lowest BCUT2D eigenvalue weighted by atomic mass is 9.96. The van der Waals surface area contributed by atoms with Gasteiger partial charge in [0.25, 0.3) is 0 Å². The first kappa shape index (κ1) is 25.5. The van der Waals surface area contributed by atoms with Crippen molar-refractivity contribution >= 4 is 42.6 Å². The second kappa shape index (κ2) is 10.7. The van der Waals surface area contributed by atoms with Gasteiger partial charge in [0.05, 0.1) is 27.4 Å². The van der Waals surface area contributed by atoms with E-state index >= 15 is 0 Å². The second-order valence-corrected chi connectivity index (χ2v) is 12.3. The van der Waals surface area contributed by atoms with Gasteiger partial charge in [0.15, 0.2) is 5.13 Å². The van der Waals surface area contributed by atoms with Crippen LogP contribution in [0.15, 0.2) is 71.8 Å². The Labute approximate surface area is 221 Å². The van der Waals surface area contributed by atoms with Gasteiger partial charge in [0, 0.05) is 25.2 Å². The number of pyridine rings is 1. The van der Waals surface area contributed by atoms with Gasteiger partial charge >= 0.3 is 0 Å². The molecule has 1 aliphatic heterocycles. The van der Waals surface area contributed by atoms with E-state index in [4.69, 9.17) is 4.98 Å². The van der Waals surface area contributed by atoms with Crippen LogP contribution in [0.25, 0.3) is 10.2 Å². The number of para-hydroxylation sites is 1. The van der Waals surface area contributed by atoms with Gasteiger partial charge in [0.2, 0.25) is 15.9 Å². The van der Waals surface area contributed by atoms with E-state index in [1.807, 2.05) is 37.3 Å². The predicted octanol–water partition coefficient (Wildman–Crippen LogP) is 5.20. The molecule has 192 valence electrons. The van der Waals surface area contributed by atoms with Crippen molar-refractivity contribution in [3.8, 4) is 0 Å². The Hall–Kier alpha value is -3.14. The van der Waals surface area contributed by atoms with E-state index in [0.29, 0.717) is 42.5 Å². The van der Waals surface area contributed by atoms with E-state index in [1.54, 1.807) is 35.4 Å². The quantitative estimate of drug-likeness (QED) is 0.326. The maximum absolute atomic E-state index is 13.9. The monoisotopic (exact) mass is 534 g/mol. The molecule has 0 N–H and O–H groups in total. The Morgan fingerprint density at radius 3 is 2.49 bits per heavy atom. The molecule has 0 spiro atoms. The third-order valence-corrected chi connectivity index (χ3v) is 9.83.